The smallest absolute Gasteiger partial charge is 0.240 e. The Morgan fingerprint density at radius 1 is 0.923 bits per heavy atom. The van der Waals surface area contributed by atoms with Crippen LogP contribution in [0.1, 0.15) is 0 Å². The van der Waals surface area contributed by atoms with Crippen molar-refractivity contribution < 1.29 is 14.3 Å². The molecule has 0 N–H and O–H groups in total. The van der Waals surface area contributed by atoms with Crippen LogP contribution in [0.3, 0.4) is 0 Å². The third kappa shape index (κ3) is 1.77. The van der Waals surface area contributed by atoms with Gasteiger partial charge in [0, 0.05) is 0 Å². The molecular weight excluding hydrogens is 467 g/mol. The Morgan fingerprint density at radius 2 is 1.38 bits per heavy atom. The number of halogens is 6. The first kappa shape index (κ1) is 19.0. The highest BCUT2D eigenvalue weighted by Gasteiger charge is 2.87. The molecule has 4 nitrogen and oxygen atoms in total. The van der Waals surface area contributed by atoms with E-state index in [2.05, 4.69) is 0 Å². The van der Waals surface area contributed by atoms with Crippen LogP contribution in [0.4, 0.5) is 5.69 Å². The van der Waals surface area contributed by atoms with Gasteiger partial charge in [0.05, 0.1) is 34.7 Å². The molecule has 1 aromatic carbocycles. The Kier molecular flexibility index (Phi) is 4.08. The fourth-order valence-corrected chi connectivity index (χ4v) is 6.98. The van der Waals surface area contributed by atoms with Crippen LogP contribution in [0, 0.1) is 11.8 Å². The number of carbonyl (C=O) groups excluding carboxylic acids is 2. The van der Waals surface area contributed by atoms with Crippen molar-refractivity contribution in [2.45, 2.75) is 14.1 Å². The van der Waals surface area contributed by atoms with Crippen molar-refractivity contribution in [1.29, 1.82) is 0 Å². The number of alkyl halides is 4. The van der Waals surface area contributed by atoms with Gasteiger partial charge in [0.2, 0.25) is 11.8 Å². The average molecular weight is 476 g/mol. The predicted octanol–water partition coefficient (Wildman–Crippen LogP) is 4.65. The number of carbonyl (C=O) groups is 2. The summed E-state index contributed by atoms with van der Waals surface area (Å²) in [5.74, 6) is -3.22. The Labute approximate surface area is 178 Å². The summed E-state index contributed by atoms with van der Waals surface area (Å²) in [4.78, 5) is 23.8. The Balaban J connectivity index is 1.93. The Hall–Kier alpha value is -0.360. The van der Waals surface area contributed by atoms with E-state index < -0.39 is 37.7 Å². The van der Waals surface area contributed by atoms with Crippen molar-refractivity contribution in [1.82, 2.24) is 0 Å². The highest BCUT2D eigenvalue weighted by molar-refractivity contribution is 6.67. The first-order valence-electron chi connectivity index (χ1n) is 7.39. The summed E-state index contributed by atoms with van der Waals surface area (Å²) in [6, 6.07) is 6.57. The molecule has 2 bridgehead atoms. The van der Waals surface area contributed by atoms with Gasteiger partial charge >= 0.3 is 0 Å². The van der Waals surface area contributed by atoms with Crippen molar-refractivity contribution in [2.24, 2.45) is 11.8 Å². The van der Waals surface area contributed by atoms with Crippen LogP contribution in [-0.4, -0.2) is 33.0 Å². The molecule has 2 fully saturated rings. The second-order valence-electron chi connectivity index (χ2n) is 6.26. The maximum absolute atomic E-state index is 13.2. The molecule has 138 valence electrons. The molecule has 2 amide bonds. The number of imide groups is 1. The van der Waals surface area contributed by atoms with E-state index in [4.69, 9.17) is 74.3 Å². The van der Waals surface area contributed by atoms with Crippen LogP contribution in [0.15, 0.2) is 34.3 Å². The zero-order valence-corrected chi connectivity index (χ0v) is 17.4. The molecule has 1 aromatic rings. The van der Waals surface area contributed by atoms with E-state index in [1.54, 1.807) is 24.3 Å². The van der Waals surface area contributed by atoms with Crippen LogP contribution >= 0.6 is 69.6 Å². The third-order valence-electron chi connectivity index (χ3n) is 5.23. The fraction of sp³-hybridized carbons (Fsp3) is 0.375. The Bertz CT molecular complexity index is 856. The zero-order valence-electron chi connectivity index (χ0n) is 12.9. The largest absolute Gasteiger partial charge is 0.495 e. The van der Waals surface area contributed by atoms with Crippen LogP contribution in [0.5, 0.6) is 5.75 Å². The molecule has 2 aliphatic carbocycles. The normalized spacial score (nSPS) is 37.6. The predicted molar refractivity (Wildman–Crippen MR) is 103 cm³/mol. The number of rotatable bonds is 2. The lowest BCUT2D eigenvalue weighted by molar-refractivity contribution is -0.123. The lowest BCUT2D eigenvalue weighted by Gasteiger charge is -2.34. The molecule has 26 heavy (non-hydrogen) atoms. The average Bonchev–Trinajstić information content (AvgIpc) is 2.99. The van der Waals surface area contributed by atoms with Gasteiger partial charge in [-0.3, -0.25) is 9.59 Å². The molecular formula is C16H9Cl6NO3. The van der Waals surface area contributed by atoms with Crippen LogP contribution < -0.4 is 9.64 Å². The molecule has 4 atom stereocenters. The number of amides is 2. The molecule has 1 heterocycles. The number of hydrogen-bond acceptors (Lipinski definition) is 3. The summed E-state index contributed by atoms with van der Waals surface area (Å²) < 4.78 is 3.31. The number of benzene rings is 1. The van der Waals surface area contributed by atoms with Gasteiger partial charge in [-0.05, 0) is 12.1 Å². The van der Waals surface area contributed by atoms with E-state index in [1.807, 2.05) is 0 Å². The molecule has 1 saturated heterocycles. The van der Waals surface area contributed by atoms with Gasteiger partial charge in [-0.15, -0.1) is 23.2 Å². The lowest BCUT2D eigenvalue weighted by Crippen LogP contribution is -2.50. The highest BCUT2D eigenvalue weighted by Crippen LogP contribution is 2.77. The first-order chi connectivity index (χ1) is 12.1. The lowest BCUT2D eigenvalue weighted by atomic mass is 9.84. The van der Waals surface area contributed by atoms with E-state index in [-0.39, 0.29) is 15.8 Å². The molecule has 0 spiro atoms. The zero-order chi connectivity index (χ0) is 19.2. The van der Waals surface area contributed by atoms with Gasteiger partial charge in [0.25, 0.3) is 0 Å². The topological polar surface area (TPSA) is 46.6 Å². The van der Waals surface area contributed by atoms with Gasteiger partial charge in [0.1, 0.15) is 15.5 Å². The summed E-state index contributed by atoms with van der Waals surface area (Å²) in [7, 11) is 1.43. The minimum atomic E-state index is -1.94. The molecule has 4 rings (SSSR count). The standard InChI is InChI=1S/C16H9Cl6NO3/c1-26-7-5-3-2-4-6(7)23-12(24)8-9(13(23)25)15(20)11(18)10(17)14(8,19)16(15,21)22/h2-5,8-9H,1H3/t8-,9-,14+,15+/m0/s1. The molecule has 1 aliphatic heterocycles. The quantitative estimate of drug-likeness (QED) is 0.462. The summed E-state index contributed by atoms with van der Waals surface area (Å²) >= 11 is 38.7. The van der Waals surface area contributed by atoms with E-state index in [9.17, 15) is 9.59 Å². The molecule has 3 aliphatic rings. The van der Waals surface area contributed by atoms with E-state index in [0.717, 1.165) is 4.90 Å². The van der Waals surface area contributed by atoms with Crippen molar-refractivity contribution in [3.8, 4) is 5.75 Å². The number of ether oxygens (including phenoxy) is 1. The molecule has 0 aromatic heterocycles. The van der Waals surface area contributed by atoms with Gasteiger partial charge < -0.3 is 4.74 Å². The second-order valence-corrected chi connectivity index (χ2v) is 9.54. The van der Waals surface area contributed by atoms with Crippen molar-refractivity contribution >= 4 is 87.1 Å². The number of fused-ring (bicyclic) bond motifs is 5. The number of hydrogen-bond donors (Lipinski definition) is 0. The summed E-state index contributed by atoms with van der Waals surface area (Å²) in [5, 5.41) is -0.241. The number of para-hydroxylation sites is 2. The minimum absolute atomic E-state index is 0.120. The number of allylic oxidation sites excluding steroid dienone is 2. The summed E-state index contributed by atoms with van der Waals surface area (Å²) in [6.07, 6.45) is 0. The number of nitrogens with zero attached hydrogens (tertiary/aromatic N) is 1. The molecule has 0 radical (unpaired) electrons. The second kappa shape index (κ2) is 5.59. The van der Waals surface area contributed by atoms with Gasteiger partial charge in [0.15, 0.2) is 4.33 Å². The van der Waals surface area contributed by atoms with Crippen LogP contribution in [0.25, 0.3) is 0 Å². The third-order valence-corrected chi connectivity index (χ3v) is 9.49. The van der Waals surface area contributed by atoms with E-state index >= 15 is 0 Å². The van der Waals surface area contributed by atoms with E-state index in [0.29, 0.717) is 5.75 Å². The highest BCUT2D eigenvalue weighted by atomic mass is 35.5. The Morgan fingerprint density at radius 3 is 1.85 bits per heavy atom. The van der Waals surface area contributed by atoms with E-state index in [1.165, 1.54) is 7.11 Å². The van der Waals surface area contributed by atoms with Crippen molar-refractivity contribution in [3.05, 3.63) is 34.3 Å². The summed E-state index contributed by atoms with van der Waals surface area (Å²) in [5.41, 5.74) is 0.265. The van der Waals surface area contributed by atoms with Gasteiger partial charge in [-0.25, -0.2) is 4.90 Å². The maximum atomic E-state index is 13.2. The summed E-state index contributed by atoms with van der Waals surface area (Å²) in [6.45, 7) is 0. The van der Waals surface area contributed by atoms with Crippen LogP contribution in [0.2, 0.25) is 0 Å². The number of methoxy groups -OCH3 is 1. The maximum Gasteiger partial charge on any atom is 0.240 e. The molecule has 0 unspecified atom stereocenters. The fourth-order valence-electron chi connectivity index (χ4n) is 4.05. The SMILES string of the molecule is COc1ccccc1N1C(=O)[C@@H]2[C@@H](C1=O)[C@@]1(Cl)C(Cl)=C(Cl)[C@@]2(Cl)C1(Cl)Cl. The van der Waals surface area contributed by atoms with Gasteiger partial charge in [-0.1, -0.05) is 58.5 Å². The number of anilines is 1. The van der Waals surface area contributed by atoms with Crippen molar-refractivity contribution in [2.75, 3.05) is 12.0 Å². The first-order valence-corrected chi connectivity index (χ1v) is 9.66. The monoisotopic (exact) mass is 473 g/mol. The van der Waals surface area contributed by atoms with Crippen molar-refractivity contribution in [3.63, 3.8) is 0 Å². The van der Waals surface area contributed by atoms with Crippen LogP contribution in [-0.2, 0) is 9.59 Å². The molecule has 10 heteroatoms. The van der Waals surface area contributed by atoms with Gasteiger partial charge in [-0.2, -0.15) is 0 Å². The minimum Gasteiger partial charge on any atom is -0.495 e. The molecule has 1 saturated carbocycles.